The number of rotatable bonds is 8. The molecule has 0 saturated carbocycles. The smallest absolute Gasteiger partial charge is 0.264 e. The number of hydrogen-bond donors (Lipinski definition) is 0. The molecule has 0 aliphatic rings. The molecular weight excluding hydrogens is 438 g/mol. The average molecular weight is 462 g/mol. The van der Waals surface area contributed by atoms with E-state index in [9.17, 15) is 8.42 Å². The summed E-state index contributed by atoms with van der Waals surface area (Å²) < 4.78 is 45.1. The lowest BCUT2D eigenvalue weighted by atomic mass is 10.1. The van der Waals surface area contributed by atoms with Crippen LogP contribution < -0.4 is 18.5 Å². The SMILES string of the molecule is COc1ccc(N(C(C)c2ccccc2OC)S(=O)(=O)c2ccc(Cl)cc2)cc1OC. The highest BCUT2D eigenvalue weighted by molar-refractivity contribution is 7.92. The van der Waals surface area contributed by atoms with E-state index < -0.39 is 16.1 Å². The van der Waals surface area contributed by atoms with Gasteiger partial charge in [-0.05, 0) is 49.4 Å². The van der Waals surface area contributed by atoms with Crippen molar-refractivity contribution in [3.8, 4) is 17.2 Å². The van der Waals surface area contributed by atoms with Gasteiger partial charge >= 0.3 is 0 Å². The zero-order valence-electron chi connectivity index (χ0n) is 17.7. The molecule has 6 nitrogen and oxygen atoms in total. The lowest BCUT2D eigenvalue weighted by molar-refractivity contribution is 0.355. The van der Waals surface area contributed by atoms with Crippen LogP contribution >= 0.6 is 11.6 Å². The molecule has 0 fully saturated rings. The van der Waals surface area contributed by atoms with Gasteiger partial charge < -0.3 is 14.2 Å². The van der Waals surface area contributed by atoms with E-state index in [1.165, 1.54) is 30.7 Å². The van der Waals surface area contributed by atoms with Crippen LogP contribution in [0.15, 0.2) is 71.6 Å². The number of methoxy groups -OCH3 is 3. The minimum Gasteiger partial charge on any atom is -0.496 e. The maximum Gasteiger partial charge on any atom is 0.264 e. The van der Waals surface area contributed by atoms with Crippen molar-refractivity contribution in [3.63, 3.8) is 0 Å². The van der Waals surface area contributed by atoms with Crippen LogP contribution in [0.5, 0.6) is 17.2 Å². The monoisotopic (exact) mass is 461 g/mol. The Morgan fingerprint density at radius 2 is 1.42 bits per heavy atom. The highest BCUT2D eigenvalue weighted by atomic mass is 35.5. The molecule has 0 saturated heterocycles. The number of ether oxygens (including phenoxy) is 3. The molecule has 0 amide bonds. The summed E-state index contributed by atoms with van der Waals surface area (Å²) >= 11 is 5.97. The summed E-state index contributed by atoms with van der Waals surface area (Å²) in [6, 6.07) is 17.8. The van der Waals surface area contributed by atoms with Crippen molar-refractivity contribution in [2.24, 2.45) is 0 Å². The number of para-hydroxylation sites is 1. The van der Waals surface area contributed by atoms with Gasteiger partial charge in [-0.3, -0.25) is 4.31 Å². The summed E-state index contributed by atoms with van der Waals surface area (Å²) in [7, 11) is 0.619. The Hall–Kier alpha value is -2.90. The van der Waals surface area contributed by atoms with Crippen molar-refractivity contribution >= 4 is 27.3 Å². The molecule has 0 radical (unpaired) electrons. The summed E-state index contributed by atoms with van der Waals surface area (Å²) in [6.45, 7) is 1.81. The average Bonchev–Trinajstić information content (AvgIpc) is 2.79. The summed E-state index contributed by atoms with van der Waals surface area (Å²) in [4.78, 5) is 0.119. The first-order chi connectivity index (χ1) is 14.8. The predicted molar refractivity (Wildman–Crippen MR) is 122 cm³/mol. The minimum atomic E-state index is -3.97. The van der Waals surface area contributed by atoms with Crippen LogP contribution in [-0.4, -0.2) is 29.7 Å². The van der Waals surface area contributed by atoms with E-state index in [4.69, 9.17) is 25.8 Å². The van der Waals surface area contributed by atoms with Gasteiger partial charge in [-0.2, -0.15) is 0 Å². The van der Waals surface area contributed by atoms with Gasteiger partial charge in [0.05, 0.1) is 38.0 Å². The second kappa shape index (κ2) is 9.49. The molecule has 0 bridgehead atoms. The topological polar surface area (TPSA) is 65.1 Å². The summed E-state index contributed by atoms with van der Waals surface area (Å²) in [6.07, 6.45) is 0. The van der Waals surface area contributed by atoms with E-state index in [2.05, 4.69) is 0 Å². The molecule has 0 aliphatic heterocycles. The van der Waals surface area contributed by atoms with E-state index in [0.29, 0.717) is 28.0 Å². The van der Waals surface area contributed by atoms with E-state index in [1.807, 2.05) is 25.1 Å². The van der Waals surface area contributed by atoms with Gasteiger partial charge in [0.1, 0.15) is 5.75 Å². The Bertz CT molecular complexity index is 1150. The number of halogens is 1. The molecule has 3 aromatic carbocycles. The molecular formula is C23H24ClNO5S. The van der Waals surface area contributed by atoms with Crippen molar-refractivity contribution in [3.05, 3.63) is 77.3 Å². The van der Waals surface area contributed by atoms with Gasteiger partial charge in [-0.15, -0.1) is 0 Å². The van der Waals surface area contributed by atoms with E-state index in [0.717, 1.165) is 5.56 Å². The third-order valence-corrected chi connectivity index (χ3v) is 7.10. The zero-order valence-corrected chi connectivity index (χ0v) is 19.3. The number of nitrogens with zero attached hydrogens (tertiary/aromatic N) is 1. The lowest BCUT2D eigenvalue weighted by Gasteiger charge is -2.32. The lowest BCUT2D eigenvalue weighted by Crippen LogP contribution is -2.34. The fraction of sp³-hybridized carbons (Fsp3) is 0.217. The molecule has 0 spiro atoms. The standard InChI is InChI=1S/C23H24ClNO5S/c1-16(20-7-5-6-8-21(20)28-2)25(18-11-14-22(29-3)23(15-18)30-4)31(26,27)19-12-9-17(24)10-13-19/h5-16H,1-4H3. The molecule has 31 heavy (non-hydrogen) atoms. The first kappa shape index (κ1) is 22.8. The number of sulfonamides is 1. The van der Waals surface area contributed by atoms with Crippen LogP contribution in [0.4, 0.5) is 5.69 Å². The fourth-order valence-corrected chi connectivity index (χ4v) is 5.14. The number of benzene rings is 3. The fourth-order valence-electron chi connectivity index (χ4n) is 3.39. The Balaban J connectivity index is 2.22. The van der Waals surface area contributed by atoms with Crippen LogP contribution in [0.2, 0.25) is 5.02 Å². The third-order valence-electron chi connectivity index (χ3n) is 4.93. The molecule has 0 aliphatic carbocycles. The Kier molecular flexibility index (Phi) is 6.97. The molecule has 164 valence electrons. The molecule has 1 atom stereocenters. The van der Waals surface area contributed by atoms with Crippen LogP contribution in [0.1, 0.15) is 18.5 Å². The normalized spacial score (nSPS) is 12.2. The largest absolute Gasteiger partial charge is 0.496 e. The molecule has 0 aromatic heterocycles. The summed E-state index contributed by atoms with van der Waals surface area (Å²) in [5.74, 6) is 1.51. The molecule has 8 heteroatoms. The molecule has 0 heterocycles. The second-order valence-corrected chi connectivity index (χ2v) is 8.96. The minimum absolute atomic E-state index is 0.119. The quantitative estimate of drug-likeness (QED) is 0.454. The highest BCUT2D eigenvalue weighted by Gasteiger charge is 2.32. The first-order valence-corrected chi connectivity index (χ1v) is 11.3. The van der Waals surface area contributed by atoms with Crippen molar-refractivity contribution in [1.82, 2.24) is 0 Å². The van der Waals surface area contributed by atoms with Crippen LogP contribution in [0, 0.1) is 0 Å². The van der Waals surface area contributed by atoms with Gasteiger partial charge in [-0.25, -0.2) is 8.42 Å². The Morgan fingerprint density at radius 3 is 2.03 bits per heavy atom. The summed E-state index contributed by atoms with van der Waals surface area (Å²) in [5, 5.41) is 0.453. The Morgan fingerprint density at radius 1 is 0.806 bits per heavy atom. The molecule has 3 rings (SSSR count). The summed E-state index contributed by atoms with van der Waals surface area (Å²) in [5.41, 5.74) is 1.14. The van der Waals surface area contributed by atoms with Gasteiger partial charge in [0.15, 0.2) is 11.5 Å². The van der Waals surface area contributed by atoms with E-state index in [1.54, 1.807) is 43.5 Å². The maximum absolute atomic E-state index is 13.8. The zero-order chi connectivity index (χ0) is 22.6. The second-order valence-electron chi connectivity index (χ2n) is 6.71. The highest BCUT2D eigenvalue weighted by Crippen LogP contribution is 2.40. The van der Waals surface area contributed by atoms with Crippen molar-refractivity contribution in [1.29, 1.82) is 0 Å². The Labute approximate surface area is 188 Å². The molecule has 0 N–H and O–H groups in total. The van der Waals surface area contributed by atoms with Gasteiger partial charge in [0.25, 0.3) is 10.0 Å². The molecule has 3 aromatic rings. The number of hydrogen-bond acceptors (Lipinski definition) is 5. The van der Waals surface area contributed by atoms with Crippen molar-refractivity contribution < 1.29 is 22.6 Å². The van der Waals surface area contributed by atoms with Crippen LogP contribution in [0.25, 0.3) is 0 Å². The van der Waals surface area contributed by atoms with E-state index >= 15 is 0 Å². The first-order valence-electron chi connectivity index (χ1n) is 9.48. The predicted octanol–water partition coefficient (Wildman–Crippen LogP) is 5.32. The van der Waals surface area contributed by atoms with Crippen LogP contribution in [-0.2, 0) is 10.0 Å². The molecule has 1 unspecified atom stereocenters. The van der Waals surface area contributed by atoms with Crippen LogP contribution in [0.3, 0.4) is 0 Å². The van der Waals surface area contributed by atoms with Gasteiger partial charge in [-0.1, -0.05) is 29.8 Å². The van der Waals surface area contributed by atoms with Gasteiger partial charge in [0, 0.05) is 16.7 Å². The third kappa shape index (κ3) is 4.57. The van der Waals surface area contributed by atoms with Crippen molar-refractivity contribution in [2.75, 3.05) is 25.6 Å². The maximum atomic E-state index is 13.8. The van der Waals surface area contributed by atoms with Gasteiger partial charge in [0.2, 0.25) is 0 Å². The van der Waals surface area contributed by atoms with E-state index in [-0.39, 0.29) is 4.90 Å². The van der Waals surface area contributed by atoms with Crippen molar-refractivity contribution in [2.45, 2.75) is 17.9 Å². The number of anilines is 1.